The van der Waals surface area contributed by atoms with Crippen molar-refractivity contribution >= 4 is 0 Å². The number of methoxy groups -OCH3 is 1. The minimum absolute atomic E-state index is 0.0894. The molecule has 0 heterocycles. The summed E-state index contributed by atoms with van der Waals surface area (Å²) in [5.74, 6) is 0.749. The van der Waals surface area contributed by atoms with E-state index in [1.54, 1.807) is 7.11 Å². The molecule has 0 bridgehead atoms. The molecule has 0 aliphatic heterocycles. The van der Waals surface area contributed by atoms with Gasteiger partial charge in [0, 0.05) is 6.42 Å². The largest absolute Gasteiger partial charge is 0.497 e. The van der Waals surface area contributed by atoms with E-state index < -0.39 is 12.2 Å². The topological polar surface area (TPSA) is 49.7 Å². The van der Waals surface area contributed by atoms with Gasteiger partial charge < -0.3 is 14.9 Å². The molecular formula is C20H26O3. The SMILES string of the molecule is COc1ccc([C@H](O)C[C@H](O)c2ccc(C(C)(C)C)cc2)cc1. The predicted octanol–water partition coefficient (Wildman–Crippen LogP) is 4.15. The van der Waals surface area contributed by atoms with E-state index in [0.717, 1.165) is 16.9 Å². The Morgan fingerprint density at radius 3 is 1.65 bits per heavy atom. The van der Waals surface area contributed by atoms with Gasteiger partial charge in [0.15, 0.2) is 0 Å². The Bertz CT molecular complexity index is 609. The van der Waals surface area contributed by atoms with Crippen LogP contribution in [0.3, 0.4) is 0 Å². The maximum atomic E-state index is 10.4. The Labute approximate surface area is 138 Å². The van der Waals surface area contributed by atoms with E-state index in [4.69, 9.17) is 4.74 Å². The first-order valence-electron chi connectivity index (χ1n) is 7.92. The third-order valence-electron chi connectivity index (χ3n) is 4.11. The van der Waals surface area contributed by atoms with Gasteiger partial charge in [-0.15, -0.1) is 0 Å². The molecule has 0 fully saturated rings. The van der Waals surface area contributed by atoms with Gasteiger partial charge in [-0.1, -0.05) is 57.2 Å². The van der Waals surface area contributed by atoms with Crippen molar-refractivity contribution in [2.24, 2.45) is 0 Å². The normalized spacial score (nSPS) is 14.3. The Hall–Kier alpha value is -1.84. The molecule has 0 spiro atoms. The summed E-state index contributed by atoms with van der Waals surface area (Å²) in [5, 5.41) is 20.7. The average Bonchev–Trinajstić information content (AvgIpc) is 2.54. The Morgan fingerprint density at radius 2 is 1.26 bits per heavy atom. The van der Waals surface area contributed by atoms with Crippen LogP contribution in [0.25, 0.3) is 0 Å². The lowest BCUT2D eigenvalue weighted by Gasteiger charge is -2.21. The fourth-order valence-electron chi connectivity index (χ4n) is 2.51. The molecular weight excluding hydrogens is 288 g/mol. The fraction of sp³-hybridized carbons (Fsp3) is 0.400. The highest BCUT2D eigenvalue weighted by atomic mass is 16.5. The predicted molar refractivity (Wildman–Crippen MR) is 92.7 cm³/mol. The molecule has 2 N–H and O–H groups in total. The minimum atomic E-state index is -0.710. The fourth-order valence-corrected chi connectivity index (χ4v) is 2.51. The van der Waals surface area contributed by atoms with Gasteiger partial charge in [-0.3, -0.25) is 0 Å². The van der Waals surface area contributed by atoms with Crippen molar-refractivity contribution in [2.75, 3.05) is 7.11 Å². The van der Waals surface area contributed by atoms with Crippen LogP contribution in [0.4, 0.5) is 0 Å². The molecule has 2 aromatic carbocycles. The molecule has 0 saturated heterocycles. The molecule has 0 aliphatic rings. The number of hydrogen-bond acceptors (Lipinski definition) is 3. The first-order valence-corrected chi connectivity index (χ1v) is 7.92. The number of aliphatic hydroxyl groups is 2. The van der Waals surface area contributed by atoms with Crippen LogP contribution in [-0.2, 0) is 5.41 Å². The van der Waals surface area contributed by atoms with E-state index in [-0.39, 0.29) is 11.8 Å². The molecule has 0 amide bonds. The third kappa shape index (κ3) is 4.57. The molecule has 124 valence electrons. The van der Waals surface area contributed by atoms with Gasteiger partial charge in [-0.05, 0) is 34.2 Å². The second kappa shape index (κ2) is 7.16. The second-order valence-corrected chi connectivity index (χ2v) is 6.91. The summed E-state index contributed by atoms with van der Waals surface area (Å²) in [6.45, 7) is 6.48. The van der Waals surface area contributed by atoms with Crippen LogP contribution in [0.2, 0.25) is 0 Å². The second-order valence-electron chi connectivity index (χ2n) is 6.91. The molecule has 0 aromatic heterocycles. The Balaban J connectivity index is 2.04. The molecule has 0 saturated carbocycles. The molecule has 0 aliphatic carbocycles. The highest BCUT2D eigenvalue weighted by molar-refractivity contribution is 5.30. The van der Waals surface area contributed by atoms with Crippen LogP contribution in [0, 0.1) is 0 Å². The average molecular weight is 314 g/mol. The maximum absolute atomic E-state index is 10.4. The third-order valence-corrected chi connectivity index (χ3v) is 4.11. The summed E-state index contributed by atoms with van der Waals surface area (Å²) in [6.07, 6.45) is -1.14. The van der Waals surface area contributed by atoms with Crippen LogP contribution in [0.15, 0.2) is 48.5 Å². The standard InChI is InChI=1S/C20H26O3/c1-20(2,3)16-9-5-14(6-10-16)18(21)13-19(22)15-7-11-17(23-4)12-8-15/h5-12,18-19,21-22H,13H2,1-4H3/t18-,19+/m0/s1. The Kier molecular flexibility index (Phi) is 5.45. The molecule has 23 heavy (non-hydrogen) atoms. The minimum Gasteiger partial charge on any atom is -0.497 e. The van der Waals surface area contributed by atoms with Crippen LogP contribution in [0.1, 0.15) is 56.1 Å². The van der Waals surface area contributed by atoms with Crippen molar-refractivity contribution in [3.8, 4) is 5.75 Å². The van der Waals surface area contributed by atoms with Gasteiger partial charge in [0.05, 0.1) is 19.3 Å². The maximum Gasteiger partial charge on any atom is 0.118 e. The molecule has 3 nitrogen and oxygen atoms in total. The van der Waals surface area contributed by atoms with E-state index in [1.807, 2.05) is 48.5 Å². The van der Waals surface area contributed by atoms with Crippen molar-refractivity contribution in [3.63, 3.8) is 0 Å². The molecule has 2 rings (SSSR count). The van der Waals surface area contributed by atoms with E-state index in [1.165, 1.54) is 5.56 Å². The van der Waals surface area contributed by atoms with Crippen LogP contribution in [0.5, 0.6) is 5.75 Å². The van der Waals surface area contributed by atoms with E-state index in [0.29, 0.717) is 0 Å². The summed E-state index contributed by atoms with van der Waals surface area (Å²) in [7, 11) is 1.61. The first kappa shape index (κ1) is 17.5. The van der Waals surface area contributed by atoms with E-state index in [9.17, 15) is 10.2 Å². The number of hydrogen-bond donors (Lipinski definition) is 2. The van der Waals surface area contributed by atoms with Crippen molar-refractivity contribution in [2.45, 2.75) is 44.8 Å². The number of aliphatic hydroxyl groups excluding tert-OH is 2. The van der Waals surface area contributed by atoms with Crippen molar-refractivity contribution in [1.29, 1.82) is 0 Å². The number of ether oxygens (including phenoxy) is 1. The highest BCUT2D eigenvalue weighted by Crippen LogP contribution is 2.29. The van der Waals surface area contributed by atoms with Gasteiger partial charge in [-0.2, -0.15) is 0 Å². The van der Waals surface area contributed by atoms with Gasteiger partial charge in [0.25, 0.3) is 0 Å². The molecule has 0 radical (unpaired) electrons. The van der Waals surface area contributed by atoms with Crippen molar-refractivity contribution < 1.29 is 14.9 Å². The number of rotatable bonds is 5. The lowest BCUT2D eigenvalue weighted by molar-refractivity contribution is 0.0804. The zero-order valence-electron chi connectivity index (χ0n) is 14.3. The van der Waals surface area contributed by atoms with Gasteiger partial charge in [0.2, 0.25) is 0 Å². The summed E-state index contributed by atoms with van der Waals surface area (Å²) in [5.41, 5.74) is 2.91. The lowest BCUT2D eigenvalue weighted by Crippen LogP contribution is -2.11. The van der Waals surface area contributed by atoms with Gasteiger partial charge in [-0.25, -0.2) is 0 Å². The summed E-state index contributed by atoms with van der Waals surface area (Å²) in [6, 6.07) is 15.2. The van der Waals surface area contributed by atoms with E-state index >= 15 is 0 Å². The molecule has 2 aromatic rings. The lowest BCUT2D eigenvalue weighted by atomic mass is 9.86. The van der Waals surface area contributed by atoms with Gasteiger partial charge in [0.1, 0.15) is 5.75 Å². The summed E-state index contributed by atoms with van der Waals surface area (Å²) in [4.78, 5) is 0. The molecule has 2 atom stereocenters. The summed E-state index contributed by atoms with van der Waals surface area (Å²) >= 11 is 0. The first-order chi connectivity index (χ1) is 10.8. The molecule has 0 unspecified atom stereocenters. The van der Waals surface area contributed by atoms with Crippen molar-refractivity contribution in [1.82, 2.24) is 0 Å². The van der Waals surface area contributed by atoms with E-state index in [2.05, 4.69) is 20.8 Å². The number of benzene rings is 2. The zero-order valence-corrected chi connectivity index (χ0v) is 14.3. The van der Waals surface area contributed by atoms with Crippen molar-refractivity contribution in [3.05, 3.63) is 65.2 Å². The highest BCUT2D eigenvalue weighted by Gasteiger charge is 2.17. The monoisotopic (exact) mass is 314 g/mol. The molecule has 3 heteroatoms. The quantitative estimate of drug-likeness (QED) is 0.871. The Morgan fingerprint density at radius 1 is 0.826 bits per heavy atom. The van der Waals surface area contributed by atoms with Crippen LogP contribution in [-0.4, -0.2) is 17.3 Å². The van der Waals surface area contributed by atoms with Crippen LogP contribution < -0.4 is 4.74 Å². The van der Waals surface area contributed by atoms with Gasteiger partial charge >= 0.3 is 0 Å². The smallest absolute Gasteiger partial charge is 0.118 e. The van der Waals surface area contributed by atoms with Crippen LogP contribution >= 0.6 is 0 Å². The summed E-state index contributed by atoms with van der Waals surface area (Å²) < 4.78 is 5.11. The zero-order chi connectivity index (χ0) is 17.0.